The molecule has 1 heterocycles. The minimum Gasteiger partial charge on any atom is -0.490 e. The highest BCUT2D eigenvalue weighted by atomic mass is 79.9. The van der Waals surface area contributed by atoms with Gasteiger partial charge in [-0.15, -0.1) is 0 Å². The van der Waals surface area contributed by atoms with E-state index in [0.29, 0.717) is 37.2 Å². The van der Waals surface area contributed by atoms with E-state index in [1.54, 1.807) is 4.68 Å². The van der Waals surface area contributed by atoms with Crippen molar-refractivity contribution >= 4 is 21.9 Å². The molecule has 0 amide bonds. The molecular weight excluding hydrogens is 434 g/mol. The highest BCUT2D eigenvalue weighted by Gasteiger charge is 2.13. The van der Waals surface area contributed by atoms with Crippen molar-refractivity contribution in [2.45, 2.75) is 46.4 Å². The molecule has 0 saturated carbocycles. The number of rotatable bonds is 11. The predicted molar refractivity (Wildman–Crippen MR) is 116 cm³/mol. The van der Waals surface area contributed by atoms with Crippen LogP contribution in [0.25, 0.3) is 0 Å². The number of tetrazole rings is 1. The third kappa shape index (κ3) is 5.93. The molecule has 7 nitrogen and oxygen atoms in total. The predicted octanol–water partition coefficient (Wildman–Crippen LogP) is 4.83. The zero-order valence-corrected chi connectivity index (χ0v) is 18.4. The maximum absolute atomic E-state index is 6.01. The van der Waals surface area contributed by atoms with Crippen LogP contribution in [0, 0.1) is 0 Å². The molecule has 0 bridgehead atoms. The molecule has 154 valence electrons. The molecule has 3 rings (SSSR count). The van der Waals surface area contributed by atoms with Crippen LogP contribution < -0.4 is 14.8 Å². The molecule has 0 radical (unpaired) electrons. The summed E-state index contributed by atoms with van der Waals surface area (Å²) in [6.45, 7) is 6.51. The lowest BCUT2D eigenvalue weighted by atomic mass is 10.2. The van der Waals surface area contributed by atoms with Gasteiger partial charge in [-0.25, -0.2) is 4.68 Å². The fourth-order valence-electron chi connectivity index (χ4n) is 2.79. The number of aryl methyl sites for hydroxylation is 1. The van der Waals surface area contributed by atoms with E-state index in [0.717, 1.165) is 35.0 Å². The van der Waals surface area contributed by atoms with E-state index in [1.807, 2.05) is 49.4 Å². The number of nitrogens with zero attached hydrogens (tertiary/aromatic N) is 4. The Hall–Kier alpha value is -2.61. The van der Waals surface area contributed by atoms with Crippen molar-refractivity contribution in [1.82, 2.24) is 20.2 Å². The summed E-state index contributed by atoms with van der Waals surface area (Å²) in [6.07, 6.45) is 2.12. The number of unbranched alkanes of at least 4 members (excludes halogenated alkanes) is 1. The number of nitrogens with one attached hydrogen (secondary N) is 1. The van der Waals surface area contributed by atoms with E-state index >= 15 is 0 Å². The van der Waals surface area contributed by atoms with Gasteiger partial charge in [0.25, 0.3) is 0 Å². The standard InChI is InChI=1S/C21H26BrN5O2/c1-3-5-11-27-21(24-25-26-27)23-14-17-12-19(28-4-2)20(13-18(17)22)29-15-16-9-7-6-8-10-16/h6-10,12-13H,3-5,11,14-15H2,1-2H3,(H,23,24,26). The van der Waals surface area contributed by atoms with Crippen molar-refractivity contribution in [1.29, 1.82) is 0 Å². The smallest absolute Gasteiger partial charge is 0.243 e. The minimum absolute atomic E-state index is 0.483. The maximum Gasteiger partial charge on any atom is 0.243 e. The van der Waals surface area contributed by atoms with Crippen molar-refractivity contribution in [3.63, 3.8) is 0 Å². The zero-order chi connectivity index (χ0) is 20.5. The van der Waals surface area contributed by atoms with Gasteiger partial charge in [-0.1, -0.05) is 64.7 Å². The molecule has 0 aliphatic rings. The number of anilines is 1. The second-order valence-corrected chi connectivity index (χ2v) is 7.38. The van der Waals surface area contributed by atoms with Gasteiger partial charge in [-0.05, 0) is 47.0 Å². The summed E-state index contributed by atoms with van der Waals surface area (Å²) in [5.41, 5.74) is 2.14. The summed E-state index contributed by atoms with van der Waals surface area (Å²) in [6, 6.07) is 14.0. The van der Waals surface area contributed by atoms with Gasteiger partial charge in [0.1, 0.15) is 6.61 Å². The molecule has 1 aromatic heterocycles. The van der Waals surface area contributed by atoms with Crippen LogP contribution in [0.2, 0.25) is 0 Å². The molecule has 0 atom stereocenters. The lowest BCUT2D eigenvalue weighted by Crippen LogP contribution is -2.10. The zero-order valence-electron chi connectivity index (χ0n) is 16.8. The molecule has 0 unspecified atom stereocenters. The quantitative estimate of drug-likeness (QED) is 0.442. The summed E-state index contributed by atoms with van der Waals surface area (Å²) in [5.74, 6) is 2.08. The van der Waals surface area contributed by atoms with Crippen LogP contribution in [0.15, 0.2) is 46.9 Å². The Kier molecular flexibility index (Phi) is 7.86. The second-order valence-electron chi connectivity index (χ2n) is 6.53. The summed E-state index contributed by atoms with van der Waals surface area (Å²) in [4.78, 5) is 0. The molecule has 0 aliphatic heterocycles. The van der Waals surface area contributed by atoms with E-state index in [2.05, 4.69) is 43.7 Å². The van der Waals surface area contributed by atoms with Crippen LogP contribution in [0.5, 0.6) is 11.5 Å². The van der Waals surface area contributed by atoms with Crippen molar-refractivity contribution < 1.29 is 9.47 Å². The Morgan fingerprint density at radius 1 is 1.07 bits per heavy atom. The highest BCUT2D eigenvalue weighted by molar-refractivity contribution is 9.10. The number of benzene rings is 2. The number of halogens is 1. The minimum atomic E-state index is 0.483. The van der Waals surface area contributed by atoms with Crippen LogP contribution in [0.4, 0.5) is 5.95 Å². The Morgan fingerprint density at radius 3 is 2.62 bits per heavy atom. The molecule has 2 aromatic carbocycles. The fourth-order valence-corrected chi connectivity index (χ4v) is 3.26. The Labute approximate surface area is 179 Å². The summed E-state index contributed by atoms with van der Waals surface area (Å²) in [7, 11) is 0. The Morgan fingerprint density at radius 2 is 1.86 bits per heavy atom. The topological polar surface area (TPSA) is 74.1 Å². The largest absolute Gasteiger partial charge is 0.490 e. The van der Waals surface area contributed by atoms with E-state index in [9.17, 15) is 0 Å². The van der Waals surface area contributed by atoms with E-state index < -0.39 is 0 Å². The number of aromatic nitrogens is 4. The van der Waals surface area contributed by atoms with Crippen LogP contribution >= 0.6 is 15.9 Å². The van der Waals surface area contributed by atoms with E-state index in [1.165, 1.54) is 0 Å². The van der Waals surface area contributed by atoms with Crippen LogP contribution in [0.3, 0.4) is 0 Å². The molecule has 1 N–H and O–H groups in total. The first-order valence-electron chi connectivity index (χ1n) is 9.83. The highest BCUT2D eigenvalue weighted by Crippen LogP contribution is 2.34. The van der Waals surface area contributed by atoms with E-state index in [4.69, 9.17) is 9.47 Å². The molecule has 3 aromatic rings. The summed E-state index contributed by atoms with van der Waals surface area (Å²) < 4.78 is 14.6. The van der Waals surface area contributed by atoms with Gasteiger partial charge in [0, 0.05) is 17.6 Å². The summed E-state index contributed by atoms with van der Waals surface area (Å²) in [5, 5.41) is 15.2. The first-order valence-corrected chi connectivity index (χ1v) is 10.6. The van der Waals surface area contributed by atoms with Gasteiger partial charge in [0.05, 0.1) is 6.61 Å². The lowest BCUT2D eigenvalue weighted by molar-refractivity contribution is 0.269. The molecule has 0 aliphatic carbocycles. The van der Waals surface area contributed by atoms with Gasteiger partial charge < -0.3 is 14.8 Å². The van der Waals surface area contributed by atoms with Crippen LogP contribution in [-0.2, 0) is 19.7 Å². The average Bonchev–Trinajstić information content (AvgIpc) is 3.19. The first-order chi connectivity index (χ1) is 14.2. The van der Waals surface area contributed by atoms with Crippen molar-refractivity contribution in [3.05, 3.63) is 58.1 Å². The Balaban J connectivity index is 1.71. The van der Waals surface area contributed by atoms with Gasteiger partial charge in [0.2, 0.25) is 5.95 Å². The second kappa shape index (κ2) is 10.8. The third-order valence-corrected chi connectivity index (χ3v) is 5.08. The normalized spacial score (nSPS) is 10.7. The van der Waals surface area contributed by atoms with Gasteiger partial charge in [-0.3, -0.25) is 0 Å². The van der Waals surface area contributed by atoms with Crippen molar-refractivity contribution in [3.8, 4) is 11.5 Å². The molecule has 0 saturated heterocycles. The van der Waals surface area contributed by atoms with Crippen molar-refractivity contribution in [2.75, 3.05) is 11.9 Å². The molecule has 29 heavy (non-hydrogen) atoms. The number of ether oxygens (including phenoxy) is 2. The third-order valence-electron chi connectivity index (χ3n) is 4.34. The number of hydrogen-bond acceptors (Lipinski definition) is 6. The van der Waals surface area contributed by atoms with Crippen LogP contribution in [0.1, 0.15) is 37.8 Å². The lowest BCUT2D eigenvalue weighted by Gasteiger charge is -2.15. The fraction of sp³-hybridized carbons (Fsp3) is 0.381. The number of hydrogen-bond donors (Lipinski definition) is 1. The van der Waals surface area contributed by atoms with Crippen molar-refractivity contribution in [2.24, 2.45) is 0 Å². The molecule has 0 fully saturated rings. The van der Waals surface area contributed by atoms with Gasteiger partial charge in [0.15, 0.2) is 11.5 Å². The van der Waals surface area contributed by atoms with E-state index in [-0.39, 0.29) is 0 Å². The van der Waals surface area contributed by atoms with Gasteiger partial charge in [-0.2, -0.15) is 0 Å². The molecular formula is C21H26BrN5O2. The summed E-state index contributed by atoms with van der Waals surface area (Å²) >= 11 is 3.65. The van der Waals surface area contributed by atoms with Gasteiger partial charge >= 0.3 is 0 Å². The molecule has 8 heteroatoms. The maximum atomic E-state index is 6.01. The average molecular weight is 460 g/mol. The SMILES string of the molecule is CCCCn1nnnc1NCc1cc(OCC)c(OCc2ccccc2)cc1Br. The monoisotopic (exact) mass is 459 g/mol. The van der Waals surface area contributed by atoms with Crippen LogP contribution in [-0.4, -0.2) is 26.8 Å². The first kappa shape index (κ1) is 21.1. The molecule has 0 spiro atoms. The Bertz CT molecular complexity index is 901.